The second-order valence-electron chi connectivity index (χ2n) is 7.37. The first-order valence-corrected chi connectivity index (χ1v) is 9.42. The van der Waals surface area contributed by atoms with Gasteiger partial charge in [0.25, 0.3) is 5.91 Å². The molecule has 28 heavy (non-hydrogen) atoms. The van der Waals surface area contributed by atoms with Gasteiger partial charge in [-0.05, 0) is 42.3 Å². The van der Waals surface area contributed by atoms with Crippen LogP contribution in [0.2, 0.25) is 0 Å². The maximum absolute atomic E-state index is 13.2. The van der Waals surface area contributed by atoms with Crippen molar-refractivity contribution in [3.05, 3.63) is 65.9 Å². The zero-order chi connectivity index (χ0) is 19.7. The lowest BCUT2D eigenvalue weighted by Crippen LogP contribution is -2.44. The lowest BCUT2D eigenvalue weighted by atomic mass is 10.00. The van der Waals surface area contributed by atoms with E-state index in [-0.39, 0.29) is 12.1 Å². The van der Waals surface area contributed by atoms with Crippen molar-refractivity contribution < 1.29 is 9.53 Å². The molecule has 144 valence electrons. The number of hydrogen-bond acceptors (Lipinski definition) is 4. The first-order valence-electron chi connectivity index (χ1n) is 9.42. The molecule has 0 saturated heterocycles. The molecule has 1 aliphatic rings. The van der Waals surface area contributed by atoms with Crippen LogP contribution in [-0.2, 0) is 0 Å². The molecule has 2 N–H and O–H groups in total. The van der Waals surface area contributed by atoms with Crippen molar-refractivity contribution in [2.45, 2.75) is 20.0 Å². The number of carbonyl (C=O) groups is 1. The number of ether oxygens (including phenoxy) is 1. The monoisotopic (exact) mass is 376 g/mol. The molecule has 1 atom stereocenters. The molecule has 2 heterocycles. The highest BCUT2D eigenvalue weighted by Gasteiger charge is 2.35. The quantitative estimate of drug-likeness (QED) is 0.696. The number of fused-ring (bicyclic) bond motifs is 1. The number of nitrogens with one attached hydrogen (secondary N) is 2. The maximum atomic E-state index is 13.2. The summed E-state index contributed by atoms with van der Waals surface area (Å²) in [6.45, 7) is 4.88. The molecule has 1 amide bonds. The molecule has 0 spiro atoms. The molecule has 0 bridgehead atoms. The van der Waals surface area contributed by atoms with Gasteiger partial charge in [0.05, 0.1) is 24.6 Å². The number of aromatic amines is 1. The summed E-state index contributed by atoms with van der Waals surface area (Å²) in [6, 6.07) is 15.5. The van der Waals surface area contributed by atoms with Crippen LogP contribution in [0.4, 0.5) is 5.69 Å². The van der Waals surface area contributed by atoms with E-state index >= 15 is 0 Å². The van der Waals surface area contributed by atoms with Gasteiger partial charge in [-0.1, -0.05) is 26.0 Å². The number of carbonyl (C=O) groups excluding carboxylic acids is 1. The highest BCUT2D eigenvalue weighted by Crippen LogP contribution is 2.37. The number of aromatic nitrogens is 2. The van der Waals surface area contributed by atoms with Crippen molar-refractivity contribution in [1.29, 1.82) is 0 Å². The van der Waals surface area contributed by atoms with Crippen LogP contribution in [0.25, 0.3) is 11.3 Å². The van der Waals surface area contributed by atoms with Crippen molar-refractivity contribution in [3.8, 4) is 17.0 Å². The summed E-state index contributed by atoms with van der Waals surface area (Å²) in [6.07, 6.45) is 1.51. The molecule has 0 aliphatic carbocycles. The summed E-state index contributed by atoms with van der Waals surface area (Å²) in [7, 11) is 1.65. The average Bonchev–Trinajstić information content (AvgIpc) is 3.19. The third kappa shape index (κ3) is 3.22. The molecule has 0 saturated carbocycles. The first-order chi connectivity index (χ1) is 13.6. The number of H-pyrrole nitrogens is 1. The van der Waals surface area contributed by atoms with E-state index in [1.54, 1.807) is 13.3 Å². The van der Waals surface area contributed by atoms with E-state index in [1.807, 2.05) is 53.4 Å². The molecular weight excluding hydrogens is 352 g/mol. The second kappa shape index (κ2) is 7.38. The fraction of sp³-hybridized carbons (Fsp3) is 0.273. The average molecular weight is 376 g/mol. The number of rotatable bonds is 5. The van der Waals surface area contributed by atoms with E-state index in [9.17, 15) is 4.79 Å². The van der Waals surface area contributed by atoms with Crippen molar-refractivity contribution in [2.24, 2.45) is 5.92 Å². The molecule has 0 radical (unpaired) electrons. The van der Waals surface area contributed by atoms with Gasteiger partial charge in [0.15, 0.2) is 0 Å². The minimum atomic E-state index is -0.291. The SMILES string of the molecule is COc1ccc(-c2[nH]ncc2[C@H]2Nc3ccccc3C(=O)N2CC(C)C)cc1. The van der Waals surface area contributed by atoms with Crippen LogP contribution < -0.4 is 10.1 Å². The number of nitrogens with zero attached hydrogens (tertiary/aromatic N) is 2. The number of methoxy groups -OCH3 is 1. The Hall–Kier alpha value is -3.28. The smallest absolute Gasteiger partial charge is 0.257 e. The Bertz CT molecular complexity index is 978. The van der Waals surface area contributed by atoms with Crippen LogP contribution in [0.15, 0.2) is 54.7 Å². The summed E-state index contributed by atoms with van der Waals surface area (Å²) in [5, 5.41) is 10.9. The third-order valence-corrected chi connectivity index (χ3v) is 4.93. The molecule has 0 fully saturated rings. The summed E-state index contributed by atoms with van der Waals surface area (Å²) < 4.78 is 5.26. The number of para-hydroxylation sites is 1. The minimum absolute atomic E-state index is 0.0370. The Morgan fingerprint density at radius 1 is 1.14 bits per heavy atom. The van der Waals surface area contributed by atoms with Crippen LogP contribution in [-0.4, -0.2) is 34.7 Å². The molecule has 1 aliphatic heterocycles. The van der Waals surface area contributed by atoms with E-state index in [0.29, 0.717) is 18.0 Å². The van der Waals surface area contributed by atoms with E-state index in [0.717, 1.165) is 28.3 Å². The molecule has 0 unspecified atom stereocenters. The standard InChI is InChI=1S/C22H24N4O2/c1-14(2)13-26-21(24-19-7-5-4-6-17(19)22(26)27)18-12-23-25-20(18)15-8-10-16(28-3)11-9-15/h4-12,14,21,24H,13H2,1-3H3,(H,23,25)/t21-/m0/s1. The van der Waals surface area contributed by atoms with E-state index < -0.39 is 0 Å². The van der Waals surface area contributed by atoms with Gasteiger partial charge in [-0.15, -0.1) is 0 Å². The molecule has 6 nitrogen and oxygen atoms in total. The highest BCUT2D eigenvalue weighted by molar-refractivity contribution is 6.01. The summed E-state index contributed by atoms with van der Waals surface area (Å²) >= 11 is 0. The number of benzene rings is 2. The van der Waals surface area contributed by atoms with Gasteiger partial charge in [-0.25, -0.2) is 0 Å². The van der Waals surface area contributed by atoms with Crippen LogP contribution in [0.5, 0.6) is 5.75 Å². The van der Waals surface area contributed by atoms with Crippen molar-refractivity contribution >= 4 is 11.6 Å². The Kier molecular flexibility index (Phi) is 4.77. The molecule has 3 aromatic rings. The first kappa shape index (κ1) is 18.1. The zero-order valence-corrected chi connectivity index (χ0v) is 16.3. The zero-order valence-electron chi connectivity index (χ0n) is 16.3. The van der Waals surface area contributed by atoms with Crippen LogP contribution in [0.1, 0.15) is 35.9 Å². The van der Waals surface area contributed by atoms with Crippen molar-refractivity contribution in [3.63, 3.8) is 0 Å². The normalized spacial score (nSPS) is 16.1. The predicted molar refractivity (Wildman–Crippen MR) is 109 cm³/mol. The second-order valence-corrected chi connectivity index (χ2v) is 7.37. The lowest BCUT2D eigenvalue weighted by Gasteiger charge is -2.38. The van der Waals surface area contributed by atoms with Gasteiger partial charge in [0, 0.05) is 23.4 Å². The molecule has 4 rings (SSSR count). The number of anilines is 1. The predicted octanol–water partition coefficient (Wildman–Crippen LogP) is 4.31. The Morgan fingerprint density at radius 2 is 1.89 bits per heavy atom. The van der Waals surface area contributed by atoms with E-state index in [4.69, 9.17) is 4.74 Å². The Balaban J connectivity index is 1.76. The lowest BCUT2D eigenvalue weighted by molar-refractivity contribution is 0.0658. The van der Waals surface area contributed by atoms with Crippen LogP contribution in [0, 0.1) is 5.92 Å². The van der Waals surface area contributed by atoms with E-state index in [1.165, 1.54) is 0 Å². The topological polar surface area (TPSA) is 70.2 Å². The summed E-state index contributed by atoms with van der Waals surface area (Å²) in [5.74, 6) is 1.18. The molecule has 6 heteroatoms. The van der Waals surface area contributed by atoms with Gasteiger partial charge in [0.2, 0.25) is 0 Å². The Morgan fingerprint density at radius 3 is 2.61 bits per heavy atom. The van der Waals surface area contributed by atoms with Gasteiger partial charge in [0.1, 0.15) is 11.9 Å². The fourth-order valence-corrected chi connectivity index (χ4v) is 3.61. The largest absolute Gasteiger partial charge is 0.497 e. The highest BCUT2D eigenvalue weighted by atomic mass is 16.5. The van der Waals surface area contributed by atoms with Gasteiger partial charge in [-0.2, -0.15) is 5.10 Å². The van der Waals surface area contributed by atoms with Gasteiger partial charge < -0.3 is 15.0 Å². The number of amides is 1. The maximum Gasteiger partial charge on any atom is 0.257 e. The van der Waals surface area contributed by atoms with Crippen LogP contribution >= 0.6 is 0 Å². The minimum Gasteiger partial charge on any atom is -0.497 e. The Labute approximate surface area is 164 Å². The third-order valence-electron chi connectivity index (χ3n) is 4.93. The molecule has 1 aromatic heterocycles. The van der Waals surface area contributed by atoms with Crippen molar-refractivity contribution in [2.75, 3.05) is 19.0 Å². The van der Waals surface area contributed by atoms with E-state index in [2.05, 4.69) is 29.4 Å². The summed E-state index contributed by atoms with van der Waals surface area (Å²) in [4.78, 5) is 15.1. The van der Waals surface area contributed by atoms with Crippen molar-refractivity contribution in [1.82, 2.24) is 15.1 Å². The molecule has 2 aromatic carbocycles. The van der Waals surface area contributed by atoms with Gasteiger partial charge >= 0.3 is 0 Å². The number of hydrogen-bond donors (Lipinski definition) is 2. The summed E-state index contributed by atoms with van der Waals surface area (Å²) in [5.41, 5.74) is 4.37. The van der Waals surface area contributed by atoms with Gasteiger partial charge in [-0.3, -0.25) is 9.89 Å². The molecular formula is C22H24N4O2. The van der Waals surface area contributed by atoms with Crippen LogP contribution in [0.3, 0.4) is 0 Å². The fourth-order valence-electron chi connectivity index (χ4n) is 3.61.